The Kier molecular flexibility index (Phi) is 2.56. The van der Waals surface area contributed by atoms with Crippen LogP contribution in [0, 0.1) is 0 Å². The first-order valence-corrected chi connectivity index (χ1v) is 4.74. The van der Waals surface area contributed by atoms with E-state index in [0.717, 1.165) is 5.39 Å². The van der Waals surface area contributed by atoms with Gasteiger partial charge in [0.15, 0.2) is 0 Å². The topological polar surface area (TPSA) is 60.7 Å². The van der Waals surface area contributed by atoms with E-state index in [4.69, 9.17) is 21.6 Å². The summed E-state index contributed by atoms with van der Waals surface area (Å²) < 4.78 is 0. The first kappa shape index (κ1) is 10.3. The van der Waals surface area contributed by atoms with Crippen LogP contribution in [0.25, 0.3) is 10.8 Å². The number of rotatable bonds is 1. The molecule has 0 aromatic heterocycles. The van der Waals surface area contributed by atoms with Gasteiger partial charge in [-0.05, 0) is 23.6 Å². The van der Waals surface area contributed by atoms with Crippen molar-refractivity contribution in [2.24, 2.45) is 0 Å². The summed E-state index contributed by atoms with van der Waals surface area (Å²) in [7, 11) is -1.68. The molecule has 15 heavy (non-hydrogen) atoms. The van der Waals surface area contributed by atoms with Crippen LogP contribution in [-0.2, 0) is 0 Å². The second kappa shape index (κ2) is 3.74. The number of halogens is 1. The Morgan fingerprint density at radius 1 is 1.07 bits per heavy atom. The van der Waals surface area contributed by atoms with Crippen molar-refractivity contribution >= 4 is 35.0 Å². The quantitative estimate of drug-likeness (QED) is 0.628. The molecular formula is C10H8BClO3. The Morgan fingerprint density at radius 3 is 2.47 bits per heavy atom. The average Bonchev–Trinajstić information content (AvgIpc) is 2.17. The molecule has 0 saturated carbocycles. The van der Waals surface area contributed by atoms with Gasteiger partial charge in [-0.1, -0.05) is 23.7 Å². The van der Waals surface area contributed by atoms with Crippen LogP contribution in [0.5, 0.6) is 5.75 Å². The molecular weight excluding hydrogens is 214 g/mol. The second-order valence-electron chi connectivity index (χ2n) is 3.24. The third-order valence-corrected chi connectivity index (χ3v) is 2.50. The molecule has 0 spiro atoms. The number of hydrogen-bond acceptors (Lipinski definition) is 3. The van der Waals surface area contributed by atoms with Crippen molar-refractivity contribution in [3.05, 3.63) is 35.4 Å². The summed E-state index contributed by atoms with van der Waals surface area (Å²) >= 11 is 5.79. The van der Waals surface area contributed by atoms with Crippen molar-refractivity contribution in [3.8, 4) is 5.75 Å². The van der Waals surface area contributed by atoms with Gasteiger partial charge in [0, 0.05) is 15.9 Å². The normalized spacial score (nSPS) is 10.6. The Hall–Kier alpha value is -1.23. The molecule has 0 atom stereocenters. The van der Waals surface area contributed by atoms with E-state index >= 15 is 0 Å². The summed E-state index contributed by atoms with van der Waals surface area (Å²) in [6.07, 6.45) is 0. The zero-order valence-corrected chi connectivity index (χ0v) is 8.44. The maximum atomic E-state index is 9.75. The molecule has 76 valence electrons. The lowest BCUT2D eigenvalue weighted by atomic mass is 9.78. The molecule has 2 aromatic rings. The lowest BCUT2D eigenvalue weighted by Crippen LogP contribution is -2.29. The highest BCUT2D eigenvalue weighted by Gasteiger charge is 2.17. The largest absolute Gasteiger partial charge is 0.508 e. The first-order valence-electron chi connectivity index (χ1n) is 4.37. The summed E-state index contributed by atoms with van der Waals surface area (Å²) in [6, 6.07) is 8.11. The van der Waals surface area contributed by atoms with Crippen LogP contribution in [0.2, 0.25) is 5.02 Å². The molecule has 0 unspecified atom stereocenters. The Balaban J connectivity index is 2.74. The van der Waals surface area contributed by atoms with Crippen LogP contribution < -0.4 is 5.46 Å². The van der Waals surface area contributed by atoms with Gasteiger partial charge in [-0.2, -0.15) is 0 Å². The predicted octanol–water partition coefficient (Wildman–Crippen LogP) is 0.879. The van der Waals surface area contributed by atoms with Crippen LogP contribution in [0.3, 0.4) is 0 Å². The number of phenols is 1. The molecule has 0 fully saturated rings. The fourth-order valence-corrected chi connectivity index (χ4v) is 1.69. The molecule has 0 saturated heterocycles. The Labute approximate surface area is 91.7 Å². The monoisotopic (exact) mass is 222 g/mol. The molecule has 0 bridgehead atoms. The SMILES string of the molecule is OB(O)c1ccc2cc(Cl)ccc2c1O. The average molecular weight is 222 g/mol. The molecule has 3 nitrogen and oxygen atoms in total. The van der Waals surface area contributed by atoms with Crippen molar-refractivity contribution in [2.45, 2.75) is 0 Å². The van der Waals surface area contributed by atoms with Crippen molar-refractivity contribution < 1.29 is 15.2 Å². The molecule has 0 aliphatic heterocycles. The van der Waals surface area contributed by atoms with Crippen LogP contribution in [0.4, 0.5) is 0 Å². The van der Waals surface area contributed by atoms with Crippen LogP contribution in [-0.4, -0.2) is 22.3 Å². The number of fused-ring (bicyclic) bond motifs is 1. The lowest BCUT2D eigenvalue weighted by Gasteiger charge is -2.07. The summed E-state index contributed by atoms with van der Waals surface area (Å²) in [5.74, 6) is -0.126. The molecule has 3 N–H and O–H groups in total. The first-order chi connectivity index (χ1) is 7.09. The van der Waals surface area contributed by atoms with Gasteiger partial charge in [-0.15, -0.1) is 0 Å². The maximum absolute atomic E-state index is 9.75. The minimum Gasteiger partial charge on any atom is -0.508 e. The van der Waals surface area contributed by atoms with Crippen molar-refractivity contribution in [1.82, 2.24) is 0 Å². The van der Waals surface area contributed by atoms with Crippen molar-refractivity contribution in [1.29, 1.82) is 0 Å². The summed E-state index contributed by atoms with van der Waals surface area (Å²) in [4.78, 5) is 0. The highest BCUT2D eigenvalue weighted by atomic mass is 35.5. The van der Waals surface area contributed by atoms with Crippen LogP contribution in [0.1, 0.15) is 0 Å². The predicted molar refractivity (Wildman–Crippen MR) is 60.4 cm³/mol. The molecule has 0 radical (unpaired) electrons. The highest BCUT2D eigenvalue weighted by Crippen LogP contribution is 2.25. The third kappa shape index (κ3) is 1.79. The van der Waals surface area contributed by atoms with Gasteiger partial charge in [0.1, 0.15) is 5.75 Å². The molecule has 5 heteroatoms. The fourth-order valence-electron chi connectivity index (χ4n) is 1.51. The molecule has 2 aromatic carbocycles. The van der Waals surface area contributed by atoms with E-state index in [1.165, 1.54) is 6.07 Å². The summed E-state index contributed by atoms with van der Waals surface area (Å²) in [5.41, 5.74) is 0.0878. The van der Waals surface area contributed by atoms with Gasteiger partial charge in [0.2, 0.25) is 0 Å². The standard InChI is InChI=1S/C10H8BClO3/c12-7-2-3-8-6(5-7)1-4-9(10(8)13)11(14)15/h1-5,13-15H. The molecule has 0 heterocycles. The van der Waals surface area contributed by atoms with E-state index in [0.29, 0.717) is 10.4 Å². The van der Waals surface area contributed by atoms with Gasteiger partial charge < -0.3 is 15.2 Å². The number of aromatic hydroxyl groups is 1. The van der Waals surface area contributed by atoms with Crippen molar-refractivity contribution in [3.63, 3.8) is 0 Å². The minimum absolute atomic E-state index is 0.0878. The number of phenolic OH excluding ortho intramolecular Hbond substituents is 1. The van der Waals surface area contributed by atoms with Gasteiger partial charge in [0.05, 0.1) is 0 Å². The summed E-state index contributed by atoms with van der Waals surface area (Å²) in [6.45, 7) is 0. The lowest BCUT2D eigenvalue weighted by molar-refractivity contribution is 0.420. The van der Waals surface area contributed by atoms with Crippen molar-refractivity contribution in [2.75, 3.05) is 0 Å². The number of benzene rings is 2. The highest BCUT2D eigenvalue weighted by molar-refractivity contribution is 6.60. The van der Waals surface area contributed by atoms with E-state index in [-0.39, 0.29) is 11.2 Å². The van der Waals surface area contributed by atoms with Gasteiger partial charge >= 0.3 is 7.12 Å². The van der Waals surface area contributed by atoms with Gasteiger partial charge in [0.25, 0.3) is 0 Å². The van der Waals surface area contributed by atoms with Crippen LogP contribution in [0.15, 0.2) is 30.3 Å². The third-order valence-electron chi connectivity index (χ3n) is 2.26. The summed E-state index contributed by atoms with van der Waals surface area (Å²) in [5, 5.41) is 29.6. The molecule has 0 aliphatic carbocycles. The van der Waals surface area contributed by atoms with E-state index in [2.05, 4.69) is 0 Å². The molecule has 0 aliphatic rings. The molecule has 0 amide bonds. The zero-order chi connectivity index (χ0) is 11.0. The maximum Gasteiger partial charge on any atom is 0.492 e. The van der Waals surface area contributed by atoms with E-state index in [1.807, 2.05) is 0 Å². The number of hydrogen-bond donors (Lipinski definition) is 3. The van der Waals surface area contributed by atoms with Crippen LogP contribution >= 0.6 is 11.6 Å². The smallest absolute Gasteiger partial charge is 0.492 e. The minimum atomic E-state index is -1.68. The van der Waals surface area contributed by atoms with E-state index in [9.17, 15) is 5.11 Å². The fraction of sp³-hybridized carbons (Fsp3) is 0. The second-order valence-corrected chi connectivity index (χ2v) is 3.68. The Bertz CT molecular complexity index is 513. The van der Waals surface area contributed by atoms with Gasteiger partial charge in [-0.25, -0.2) is 0 Å². The van der Waals surface area contributed by atoms with E-state index in [1.54, 1.807) is 24.3 Å². The Morgan fingerprint density at radius 2 is 1.80 bits per heavy atom. The van der Waals surface area contributed by atoms with Gasteiger partial charge in [-0.3, -0.25) is 0 Å². The van der Waals surface area contributed by atoms with E-state index < -0.39 is 7.12 Å². The zero-order valence-electron chi connectivity index (χ0n) is 7.68. The molecule has 2 rings (SSSR count).